The maximum absolute atomic E-state index is 10.3. The Morgan fingerprint density at radius 3 is 3.12 bits per heavy atom. The van der Waals surface area contributed by atoms with E-state index in [0.717, 1.165) is 0 Å². The maximum Gasteiger partial charge on any atom is 0.303 e. The summed E-state index contributed by atoms with van der Waals surface area (Å²) in [5.41, 5.74) is 0.494. The van der Waals surface area contributed by atoms with Crippen molar-refractivity contribution in [3.05, 3.63) is 12.1 Å². The first-order valence-electron chi connectivity index (χ1n) is 4.66. The van der Waals surface area contributed by atoms with Gasteiger partial charge in [0.05, 0.1) is 6.20 Å². The van der Waals surface area contributed by atoms with Crippen LogP contribution in [0.15, 0.2) is 10.7 Å². The fraction of sp³-hybridized carbons (Fsp3) is 0.375. The van der Waals surface area contributed by atoms with Crippen molar-refractivity contribution >= 4 is 5.97 Å². The van der Waals surface area contributed by atoms with E-state index in [-0.39, 0.29) is 6.42 Å². The van der Waals surface area contributed by atoms with Gasteiger partial charge in [0.2, 0.25) is 11.7 Å². The Morgan fingerprint density at radius 2 is 2.44 bits per heavy atom. The van der Waals surface area contributed by atoms with Crippen molar-refractivity contribution in [2.75, 3.05) is 0 Å². The number of nitrogens with zero attached hydrogens (tertiary/aromatic N) is 4. The molecule has 0 atom stereocenters. The summed E-state index contributed by atoms with van der Waals surface area (Å²) in [6, 6.07) is 0. The quantitative estimate of drug-likeness (QED) is 0.746. The first-order valence-corrected chi connectivity index (χ1v) is 4.66. The van der Waals surface area contributed by atoms with E-state index in [0.29, 0.717) is 30.3 Å². The maximum atomic E-state index is 10.3. The molecule has 0 saturated heterocycles. The third kappa shape index (κ3) is 2.41. The molecule has 0 amide bonds. The van der Waals surface area contributed by atoms with E-state index >= 15 is 0 Å². The third-order valence-electron chi connectivity index (χ3n) is 1.89. The normalized spacial score (nSPS) is 10.5. The molecule has 84 valence electrons. The summed E-state index contributed by atoms with van der Waals surface area (Å²) in [7, 11) is 0. The van der Waals surface area contributed by atoms with Gasteiger partial charge in [-0.25, -0.2) is 0 Å². The van der Waals surface area contributed by atoms with Crippen molar-refractivity contribution in [1.82, 2.24) is 25.6 Å². The number of carboxylic acids is 1. The smallest absolute Gasteiger partial charge is 0.303 e. The molecule has 2 aromatic rings. The Kier molecular flexibility index (Phi) is 2.90. The molecule has 0 bridgehead atoms. The first-order chi connectivity index (χ1) is 7.75. The van der Waals surface area contributed by atoms with Gasteiger partial charge in [0.1, 0.15) is 0 Å². The molecule has 2 N–H and O–H groups in total. The number of hydrogen-bond acceptors (Lipinski definition) is 6. The third-order valence-corrected chi connectivity index (χ3v) is 1.89. The molecule has 0 aliphatic carbocycles. The lowest BCUT2D eigenvalue weighted by Crippen LogP contribution is -1.95. The Hall–Kier alpha value is -2.25. The molecule has 8 nitrogen and oxygen atoms in total. The van der Waals surface area contributed by atoms with Gasteiger partial charge in [-0.2, -0.15) is 20.4 Å². The monoisotopic (exact) mass is 223 g/mol. The molecular weight excluding hydrogens is 214 g/mol. The van der Waals surface area contributed by atoms with E-state index in [1.807, 2.05) is 0 Å². The van der Waals surface area contributed by atoms with Crippen LogP contribution in [0, 0.1) is 0 Å². The second-order valence-corrected chi connectivity index (χ2v) is 3.11. The van der Waals surface area contributed by atoms with Gasteiger partial charge in [-0.1, -0.05) is 5.16 Å². The number of aromatic nitrogens is 5. The average Bonchev–Trinajstić information content (AvgIpc) is 2.85. The van der Waals surface area contributed by atoms with E-state index in [2.05, 4.69) is 25.6 Å². The summed E-state index contributed by atoms with van der Waals surface area (Å²) in [4.78, 5) is 14.3. The fourth-order valence-electron chi connectivity index (χ4n) is 1.16. The summed E-state index contributed by atoms with van der Waals surface area (Å²) < 4.78 is 4.93. The zero-order valence-electron chi connectivity index (χ0n) is 8.25. The van der Waals surface area contributed by atoms with Crippen LogP contribution in [0.2, 0.25) is 0 Å². The molecular formula is C8H9N5O3. The van der Waals surface area contributed by atoms with Crippen LogP contribution in [0.3, 0.4) is 0 Å². The van der Waals surface area contributed by atoms with Gasteiger partial charge in [-0.15, -0.1) is 0 Å². The van der Waals surface area contributed by atoms with Crippen LogP contribution >= 0.6 is 0 Å². The summed E-state index contributed by atoms with van der Waals surface area (Å²) in [6.45, 7) is 0. The molecule has 0 aromatic carbocycles. The van der Waals surface area contributed by atoms with Crippen molar-refractivity contribution in [1.29, 1.82) is 0 Å². The molecule has 2 rings (SSSR count). The summed E-state index contributed by atoms with van der Waals surface area (Å²) in [5.74, 6) is -0.0884. The second kappa shape index (κ2) is 4.51. The summed E-state index contributed by atoms with van der Waals surface area (Å²) in [6.07, 6.45) is 2.47. The van der Waals surface area contributed by atoms with Crippen LogP contribution in [-0.4, -0.2) is 36.6 Å². The van der Waals surface area contributed by atoms with Crippen LogP contribution in [0.4, 0.5) is 0 Å². The predicted octanol–water partition coefficient (Wildman–Crippen LogP) is 0.262. The van der Waals surface area contributed by atoms with Gasteiger partial charge in [-0.05, 0) is 6.42 Å². The Bertz CT molecular complexity index is 464. The molecule has 0 fully saturated rings. The number of nitrogens with one attached hydrogen (secondary N) is 1. The molecule has 0 spiro atoms. The van der Waals surface area contributed by atoms with Gasteiger partial charge in [0.15, 0.2) is 5.69 Å². The molecule has 0 radical (unpaired) electrons. The number of aromatic amines is 1. The lowest BCUT2D eigenvalue weighted by Gasteiger charge is -1.90. The summed E-state index contributed by atoms with van der Waals surface area (Å²) in [5, 5.41) is 22.0. The number of aliphatic carboxylic acids is 1. The number of rotatable bonds is 5. The van der Waals surface area contributed by atoms with Gasteiger partial charge >= 0.3 is 5.97 Å². The van der Waals surface area contributed by atoms with Gasteiger partial charge in [0.25, 0.3) is 0 Å². The molecule has 2 aromatic heterocycles. The number of hydrogen-bond donors (Lipinski definition) is 2. The minimum atomic E-state index is -0.837. The Morgan fingerprint density at radius 1 is 1.56 bits per heavy atom. The van der Waals surface area contributed by atoms with Gasteiger partial charge < -0.3 is 9.63 Å². The Balaban J connectivity index is 1.95. The van der Waals surface area contributed by atoms with Crippen LogP contribution in [0.25, 0.3) is 11.5 Å². The minimum Gasteiger partial charge on any atom is -0.481 e. The van der Waals surface area contributed by atoms with Crippen molar-refractivity contribution in [3.63, 3.8) is 0 Å². The highest BCUT2D eigenvalue weighted by Gasteiger charge is 2.10. The lowest BCUT2D eigenvalue weighted by atomic mass is 10.2. The molecule has 2 heterocycles. The predicted molar refractivity (Wildman–Crippen MR) is 50.2 cm³/mol. The van der Waals surface area contributed by atoms with E-state index in [9.17, 15) is 4.79 Å². The average molecular weight is 223 g/mol. The molecule has 0 aliphatic heterocycles. The zero-order chi connectivity index (χ0) is 11.4. The summed E-state index contributed by atoms with van der Waals surface area (Å²) >= 11 is 0. The highest BCUT2D eigenvalue weighted by Crippen LogP contribution is 2.11. The SMILES string of the molecule is O=C(O)CCCc1nc(-c2cn[nH]n2)no1. The highest BCUT2D eigenvalue weighted by atomic mass is 16.5. The van der Waals surface area contributed by atoms with E-state index in [4.69, 9.17) is 9.63 Å². The number of carbonyl (C=O) groups is 1. The van der Waals surface area contributed by atoms with Crippen molar-refractivity contribution in [2.24, 2.45) is 0 Å². The molecule has 0 aliphatic rings. The van der Waals surface area contributed by atoms with E-state index in [1.54, 1.807) is 0 Å². The number of aryl methyl sites for hydroxylation is 1. The van der Waals surface area contributed by atoms with E-state index < -0.39 is 5.97 Å². The lowest BCUT2D eigenvalue weighted by molar-refractivity contribution is -0.137. The van der Waals surface area contributed by atoms with Gasteiger partial charge in [0, 0.05) is 12.8 Å². The fourth-order valence-corrected chi connectivity index (χ4v) is 1.16. The van der Waals surface area contributed by atoms with E-state index in [1.165, 1.54) is 6.20 Å². The molecule has 8 heteroatoms. The minimum absolute atomic E-state index is 0.0850. The second-order valence-electron chi connectivity index (χ2n) is 3.11. The standard InChI is InChI=1S/C8H9N5O3/c14-7(15)3-1-2-6-10-8(12-16-6)5-4-9-13-11-5/h4H,1-3H2,(H,14,15)(H,9,11,13). The Labute approximate surface area is 89.7 Å². The van der Waals surface area contributed by atoms with Crippen molar-refractivity contribution in [2.45, 2.75) is 19.3 Å². The van der Waals surface area contributed by atoms with Crippen molar-refractivity contribution in [3.8, 4) is 11.5 Å². The first kappa shape index (κ1) is 10.3. The van der Waals surface area contributed by atoms with Crippen LogP contribution in [0.1, 0.15) is 18.7 Å². The topological polar surface area (TPSA) is 118 Å². The molecule has 0 saturated carbocycles. The highest BCUT2D eigenvalue weighted by molar-refractivity contribution is 5.66. The number of carboxylic acid groups (broad SMARTS) is 1. The zero-order valence-corrected chi connectivity index (χ0v) is 8.25. The van der Waals surface area contributed by atoms with Crippen molar-refractivity contribution < 1.29 is 14.4 Å². The number of H-pyrrole nitrogens is 1. The largest absolute Gasteiger partial charge is 0.481 e. The van der Waals surface area contributed by atoms with Crippen LogP contribution in [0.5, 0.6) is 0 Å². The van der Waals surface area contributed by atoms with Crippen LogP contribution < -0.4 is 0 Å². The molecule has 16 heavy (non-hydrogen) atoms. The van der Waals surface area contributed by atoms with Gasteiger partial charge in [-0.3, -0.25) is 4.79 Å². The molecule has 0 unspecified atom stereocenters. The van der Waals surface area contributed by atoms with Crippen LogP contribution in [-0.2, 0) is 11.2 Å².